The molecule has 1 aliphatic carbocycles. The van der Waals surface area contributed by atoms with Gasteiger partial charge in [0.2, 0.25) is 5.91 Å². The molecule has 1 saturated heterocycles. The number of benzene rings is 2. The average molecular weight is 479 g/mol. The van der Waals surface area contributed by atoms with Crippen LogP contribution in [0.15, 0.2) is 60.2 Å². The second kappa shape index (κ2) is 10.7. The molecule has 0 spiro atoms. The highest BCUT2D eigenvalue weighted by atomic mass is 16.5. The van der Waals surface area contributed by atoms with Gasteiger partial charge in [-0.15, -0.1) is 0 Å². The third kappa shape index (κ3) is 5.07. The molecule has 2 unspecified atom stereocenters. The number of nitrogens with zero attached hydrogens (tertiary/aromatic N) is 1. The van der Waals surface area contributed by atoms with E-state index >= 15 is 0 Å². The van der Waals surface area contributed by atoms with Gasteiger partial charge < -0.3 is 24.8 Å². The molecule has 8 heteroatoms. The largest absolute Gasteiger partial charge is 0.481 e. The zero-order valence-electron chi connectivity index (χ0n) is 19.9. The highest BCUT2D eigenvalue weighted by molar-refractivity contribution is 5.93. The maximum atomic E-state index is 12.9. The Bertz CT molecular complexity index is 1100. The van der Waals surface area contributed by atoms with Crippen LogP contribution >= 0.6 is 0 Å². The van der Waals surface area contributed by atoms with Crippen LogP contribution in [0.4, 0.5) is 4.79 Å². The second-order valence-corrected chi connectivity index (χ2v) is 8.73. The third-order valence-corrected chi connectivity index (χ3v) is 6.71. The van der Waals surface area contributed by atoms with Crippen molar-refractivity contribution in [2.24, 2.45) is 5.92 Å². The number of hydrogen-bond acceptors (Lipinski definition) is 5. The molecule has 0 radical (unpaired) electrons. The van der Waals surface area contributed by atoms with Gasteiger partial charge >= 0.3 is 12.1 Å². The summed E-state index contributed by atoms with van der Waals surface area (Å²) in [4.78, 5) is 38.2. The van der Waals surface area contributed by atoms with Gasteiger partial charge in [-0.05, 0) is 36.1 Å². The normalized spacial score (nSPS) is 19.1. The van der Waals surface area contributed by atoms with Gasteiger partial charge in [-0.25, -0.2) is 4.79 Å². The van der Waals surface area contributed by atoms with Crippen LogP contribution in [-0.2, 0) is 19.1 Å². The topological polar surface area (TPSA) is 105 Å². The molecule has 1 fully saturated rings. The lowest BCUT2D eigenvalue weighted by Crippen LogP contribution is -2.46. The fourth-order valence-corrected chi connectivity index (χ4v) is 4.87. The van der Waals surface area contributed by atoms with Gasteiger partial charge in [0.1, 0.15) is 12.5 Å². The van der Waals surface area contributed by atoms with Crippen LogP contribution in [0.2, 0.25) is 0 Å². The number of carboxylic acids is 1. The number of likely N-dealkylation sites (N-methyl/N-ethyl adjacent to an activating group) is 1. The van der Waals surface area contributed by atoms with Gasteiger partial charge in [0.25, 0.3) is 0 Å². The van der Waals surface area contributed by atoms with E-state index < -0.39 is 24.0 Å². The van der Waals surface area contributed by atoms with E-state index in [9.17, 15) is 19.5 Å². The molecule has 2 aliphatic rings. The first kappa shape index (κ1) is 24.5. The molecule has 4 rings (SSSR count). The van der Waals surface area contributed by atoms with Crippen LogP contribution in [0.25, 0.3) is 11.1 Å². The predicted molar refractivity (Wildman–Crippen MR) is 130 cm³/mol. The first-order chi connectivity index (χ1) is 16.9. The number of fused-ring (bicyclic) bond motifs is 3. The van der Waals surface area contributed by atoms with Gasteiger partial charge in [-0.2, -0.15) is 0 Å². The molecule has 2 aromatic rings. The molecule has 1 aliphatic heterocycles. The number of hydrogen-bond donors (Lipinski definition) is 2. The average Bonchev–Trinajstić information content (AvgIpc) is 3.46. The molecular formula is C27H30N2O6. The zero-order valence-corrected chi connectivity index (χ0v) is 19.9. The Labute approximate surface area is 204 Å². The highest BCUT2D eigenvalue weighted by Gasteiger charge is 2.39. The minimum absolute atomic E-state index is 0.0269. The van der Waals surface area contributed by atoms with Gasteiger partial charge in [0.05, 0.1) is 19.3 Å². The quantitative estimate of drug-likeness (QED) is 0.564. The first-order valence-electron chi connectivity index (χ1n) is 11.8. The van der Waals surface area contributed by atoms with Crippen LogP contribution in [0.3, 0.4) is 0 Å². The molecule has 2 amide bonds. The molecule has 2 N–H and O–H groups in total. The summed E-state index contributed by atoms with van der Waals surface area (Å²) in [7, 11) is 0. The number of carboxylic acid groups (broad SMARTS) is 1. The first-order valence-corrected chi connectivity index (χ1v) is 11.8. The van der Waals surface area contributed by atoms with Crippen molar-refractivity contribution in [3.63, 3.8) is 0 Å². The second-order valence-electron chi connectivity index (χ2n) is 8.73. The summed E-state index contributed by atoms with van der Waals surface area (Å²) in [6, 6.07) is 15.7. The third-order valence-electron chi connectivity index (χ3n) is 6.71. The zero-order chi connectivity index (χ0) is 24.9. The maximum Gasteiger partial charge on any atom is 0.407 e. The van der Waals surface area contributed by atoms with E-state index in [1.807, 2.05) is 24.3 Å². The summed E-state index contributed by atoms with van der Waals surface area (Å²) in [5, 5.41) is 12.1. The summed E-state index contributed by atoms with van der Waals surface area (Å²) >= 11 is 0. The predicted octanol–water partition coefficient (Wildman–Crippen LogP) is 3.42. The van der Waals surface area contributed by atoms with Crippen molar-refractivity contribution in [2.45, 2.75) is 25.8 Å². The SMILES string of the molecule is CCN(C(=O)/C(C)=C/CNC(=O)OCC1c2ccccc2-c2ccccc21)C1COCC1C(=O)O. The summed E-state index contributed by atoms with van der Waals surface area (Å²) in [5.41, 5.74) is 5.01. The standard InChI is InChI=1S/C27H30N2O6/c1-3-29(24-16-34-14-23(24)26(31)32)25(30)17(2)12-13-28-27(33)35-15-22-20-10-6-4-8-18(20)19-9-5-7-11-21(19)22/h4-12,22-24H,3,13-16H2,1-2H3,(H,28,33)(H,31,32)/b17-12+. The van der Waals surface area contributed by atoms with Crippen LogP contribution in [-0.4, -0.2) is 66.9 Å². The van der Waals surface area contributed by atoms with E-state index in [4.69, 9.17) is 9.47 Å². The minimum Gasteiger partial charge on any atom is -0.481 e. The molecule has 8 nitrogen and oxygen atoms in total. The van der Waals surface area contributed by atoms with E-state index in [-0.39, 0.29) is 38.2 Å². The molecule has 2 aromatic carbocycles. The lowest BCUT2D eigenvalue weighted by atomic mass is 9.98. The number of carbonyl (C=O) groups excluding carboxylic acids is 2. The Morgan fingerprint density at radius 1 is 1.09 bits per heavy atom. The Kier molecular flexibility index (Phi) is 7.51. The number of rotatable bonds is 8. The van der Waals surface area contributed by atoms with Crippen LogP contribution in [0, 0.1) is 5.92 Å². The molecule has 0 saturated carbocycles. The van der Waals surface area contributed by atoms with E-state index in [1.165, 1.54) is 4.90 Å². The van der Waals surface area contributed by atoms with Crippen molar-refractivity contribution >= 4 is 18.0 Å². The molecule has 184 valence electrons. The molecule has 1 heterocycles. The number of alkyl carbamates (subject to hydrolysis) is 1. The molecule has 0 aromatic heterocycles. The van der Waals surface area contributed by atoms with Crippen molar-refractivity contribution < 1.29 is 29.0 Å². The van der Waals surface area contributed by atoms with E-state index in [0.717, 1.165) is 22.3 Å². The van der Waals surface area contributed by atoms with Crippen molar-refractivity contribution in [2.75, 3.05) is 32.9 Å². The van der Waals surface area contributed by atoms with Crippen molar-refractivity contribution in [1.29, 1.82) is 0 Å². The fourth-order valence-electron chi connectivity index (χ4n) is 4.87. The lowest BCUT2D eigenvalue weighted by Gasteiger charge is -2.29. The number of aliphatic carboxylic acids is 1. The minimum atomic E-state index is -0.975. The fraction of sp³-hybridized carbons (Fsp3) is 0.370. The highest BCUT2D eigenvalue weighted by Crippen LogP contribution is 2.44. The maximum absolute atomic E-state index is 12.9. The van der Waals surface area contributed by atoms with Gasteiger partial charge in [0.15, 0.2) is 0 Å². The number of nitrogens with one attached hydrogen (secondary N) is 1. The molecule has 35 heavy (non-hydrogen) atoms. The van der Waals surface area contributed by atoms with Crippen molar-refractivity contribution in [1.82, 2.24) is 10.2 Å². The summed E-state index contributed by atoms with van der Waals surface area (Å²) in [6.07, 6.45) is 1.05. The van der Waals surface area contributed by atoms with Gasteiger partial charge in [-0.3, -0.25) is 9.59 Å². The number of carbonyl (C=O) groups is 3. The van der Waals surface area contributed by atoms with Crippen LogP contribution < -0.4 is 5.32 Å². The van der Waals surface area contributed by atoms with Crippen LogP contribution in [0.5, 0.6) is 0 Å². The molecule has 2 atom stereocenters. The van der Waals surface area contributed by atoms with Crippen molar-refractivity contribution in [3.8, 4) is 11.1 Å². The Morgan fingerprint density at radius 3 is 2.31 bits per heavy atom. The van der Waals surface area contributed by atoms with E-state index in [0.29, 0.717) is 12.1 Å². The Balaban J connectivity index is 1.32. The van der Waals surface area contributed by atoms with Crippen LogP contribution in [0.1, 0.15) is 30.9 Å². The summed E-state index contributed by atoms with van der Waals surface area (Å²) in [6.45, 7) is 4.44. The Hall–Kier alpha value is -3.65. The summed E-state index contributed by atoms with van der Waals surface area (Å²) < 4.78 is 10.8. The van der Waals surface area contributed by atoms with E-state index in [2.05, 4.69) is 29.6 Å². The lowest BCUT2D eigenvalue weighted by molar-refractivity contribution is -0.144. The van der Waals surface area contributed by atoms with E-state index in [1.54, 1.807) is 19.9 Å². The summed E-state index contributed by atoms with van der Waals surface area (Å²) in [5.74, 6) is -2.02. The van der Waals surface area contributed by atoms with Gasteiger partial charge in [0, 0.05) is 24.6 Å². The Morgan fingerprint density at radius 2 is 1.71 bits per heavy atom. The smallest absolute Gasteiger partial charge is 0.407 e. The molecule has 0 bridgehead atoms. The monoisotopic (exact) mass is 478 g/mol. The van der Waals surface area contributed by atoms with Gasteiger partial charge in [-0.1, -0.05) is 54.6 Å². The van der Waals surface area contributed by atoms with Crippen molar-refractivity contribution in [3.05, 3.63) is 71.3 Å². The molecular weight excluding hydrogens is 448 g/mol. The number of amides is 2. The number of ether oxygens (including phenoxy) is 2.